The molecule has 0 aromatic heterocycles. The molecule has 2 rings (SSSR count). The van der Waals surface area contributed by atoms with Crippen molar-refractivity contribution in [2.45, 2.75) is 70.8 Å². The van der Waals surface area contributed by atoms with Gasteiger partial charge in [-0.3, -0.25) is 4.79 Å². The third kappa shape index (κ3) is 5.46. The second-order valence-electron chi connectivity index (χ2n) is 5.96. The van der Waals surface area contributed by atoms with Crippen LogP contribution in [0.15, 0.2) is 22.7 Å². The Labute approximate surface area is 136 Å². The molecular formula is C18H25BrO2. The molecule has 3 heteroatoms. The molecule has 0 aliphatic heterocycles. The van der Waals surface area contributed by atoms with E-state index in [0.717, 1.165) is 41.5 Å². The third-order valence-electron chi connectivity index (χ3n) is 4.05. The van der Waals surface area contributed by atoms with Crippen molar-refractivity contribution in [2.24, 2.45) is 0 Å². The van der Waals surface area contributed by atoms with E-state index in [1.54, 1.807) is 0 Å². The molecule has 1 fully saturated rings. The van der Waals surface area contributed by atoms with Crippen LogP contribution in [-0.2, 0) is 11.2 Å². The highest BCUT2D eigenvalue weighted by Crippen LogP contribution is 2.30. The lowest BCUT2D eigenvalue weighted by molar-refractivity contribution is -0.118. The number of hydrogen-bond acceptors (Lipinski definition) is 2. The SMILES string of the molecule is CCCCC(=O)Cc1ccc(OC2CCCCC2)c(Br)c1. The number of halogens is 1. The van der Waals surface area contributed by atoms with Gasteiger partial charge in [-0.2, -0.15) is 0 Å². The summed E-state index contributed by atoms with van der Waals surface area (Å²) < 4.78 is 7.05. The molecule has 0 saturated heterocycles. The lowest BCUT2D eigenvalue weighted by Crippen LogP contribution is -2.19. The van der Waals surface area contributed by atoms with Crippen molar-refractivity contribution in [2.75, 3.05) is 0 Å². The number of unbranched alkanes of at least 4 members (excludes halogenated alkanes) is 1. The van der Waals surface area contributed by atoms with Crippen LogP contribution in [0.4, 0.5) is 0 Å². The first-order valence-electron chi connectivity index (χ1n) is 8.16. The monoisotopic (exact) mass is 352 g/mol. The number of ketones is 1. The fraction of sp³-hybridized carbons (Fsp3) is 0.611. The zero-order valence-electron chi connectivity index (χ0n) is 12.9. The summed E-state index contributed by atoms with van der Waals surface area (Å²) in [6.45, 7) is 2.11. The summed E-state index contributed by atoms with van der Waals surface area (Å²) in [4.78, 5) is 11.8. The molecular weight excluding hydrogens is 328 g/mol. The smallest absolute Gasteiger partial charge is 0.137 e. The number of carbonyl (C=O) groups excluding carboxylic acids is 1. The fourth-order valence-corrected chi connectivity index (χ4v) is 3.32. The van der Waals surface area contributed by atoms with E-state index in [2.05, 4.69) is 22.9 Å². The van der Waals surface area contributed by atoms with Gasteiger partial charge in [0, 0.05) is 12.8 Å². The van der Waals surface area contributed by atoms with Crippen LogP contribution in [0.3, 0.4) is 0 Å². The van der Waals surface area contributed by atoms with Gasteiger partial charge >= 0.3 is 0 Å². The lowest BCUT2D eigenvalue weighted by atomic mass is 9.98. The standard InChI is InChI=1S/C18H25BrO2/c1-2-3-7-15(20)12-14-10-11-18(17(19)13-14)21-16-8-5-4-6-9-16/h10-11,13,16H,2-9,12H2,1H3. The van der Waals surface area contributed by atoms with E-state index in [9.17, 15) is 4.79 Å². The minimum absolute atomic E-state index is 0.324. The molecule has 1 aromatic rings. The van der Waals surface area contributed by atoms with Crippen molar-refractivity contribution in [3.8, 4) is 5.75 Å². The van der Waals surface area contributed by atoms with E-state index in [1.165, 1.54) is 19.3 Å². The highest BCUT2D eigenvalue weighted by atomic mass is 79.9. The van der Waals surface area contributed by atoms with Gasteiger partial charge in [-0.25, -0.2) is 0 Å². The van der Waals surface area contributed by atoms with Crippen LogP contribution >= 0.6 is 15.9 Å². The van der Waals surface area contributed by atoms with Gasteiger partial charge in [0.25, 0.3) is 0 Å². The van der Waals surface area contributed by atoms with Gasteiger partial charge in [0.15, 0.2) is 0 Å². The predicted octanol–water partition coefficient (Wildman–Crippen LogP) is 5.46. The normalized spacial score (nSPS) is 15.9. The summed E-state index contributed by atoms with van der Waals surface area (Å²) in [7, 11) is 0. The highest BCUT2D eigenvalue weighted by molar-refractivity contribution is 9.10. The van der Waals surface area contributed by atoms with Gasteiger partial charge in [0.05, 0.1) is 10.6 Å². The van der Waals surface area contributed by atoms with Gasteiger partial charge in [-0.1, -0.05) is 25.8 Å². The van der Waals surface area contributed by atoms with Crippen LogP contribution in [0.25, 0.3) is 0 Å². The topological polar surface area (TPSA) is 26.3 Å². The first-order chi connectivity index (χ1) is 10.2. The van der Waals surface area contributed by atoms with Gasteiger partial charge in [-0.05, 0) is 65.7 Å². The van der Waals surface area contributed by atoms with E-state index in [0.29, 0.717) is 24.7 Å². The Kier molecular flexibility index (Phi) is 6.75. The third-order valence-corrected chi connectivity index (χ3v) is 4.67. The maximum atomic E-state index is 11.8. The lowest BCUT2D eigenvalue weighted by Gasteiger charge is -2.23. The van der Waals surface area contributed by atoms with Gasteiger partial charge in [-0.15, -0.1) is 0 Å². The van der Waals surface area contributed by atoms with E-state index in [4.69, 9.17) is 4.74 Å². The zero-order chi connectivity index (χ0) is 15.1. The van der Waals surface area contributed by atoms with E-state index in [1.807, 2.05) is 18.2 Å². The maximum absolute atomic E-state index is 11.8. The minimum atomic E-state index is 0.324. The van der Waals surface area contributed by atoms with Crippen LogP contribution in [0.2, 0.25) is 0 Å². The Balaban J connectivity index is 1.91. The van der Waals surface area contributed by atoms with Crippen molar-refractivity contribution in [3.05, 3.63) is 28.2 Å². The van der Waals surface area contributed by atoms with Crippen LogP contribution in [0.1, 0.15) is 63.9 Å². The minimum Gasteiger partial charge on any atom is -0.489 e. The Bertz CT molecular complexity index is 464. The summed E-state index contributed by atoms with van der Waals surface area (Å²) in [5, 5.41) is 0. The van der Waals surface area contributed by atoms with Crippen LogP contribution in [0, 0.1) is 0 Å². The van der Waals surface area contributed by atoms with Crippen LogP contribution < -0.4 is 4.74 Å². The number of carbonyl (C=O) groups is 1. The van der Waals surface area contributed by atoms with Crippen molar-refractivity contribution in [1.29, 1.82) is 0 Å². The van der Waals surface area contributed by atoms with Crippen molar-refractivity contribution in [3.63, 3.8) is 0 Å². The molecule has 0 radical (unpaired) electrons. The number of ether oxygens (including phenoxy) is 1. The first kappa shape index (κ1) is 16.5. The molecule has 0 N–H and O–H groups in total. The summed E-state index contributed by atoms with van der Waals surface area (Å²) in [6.07, 6.45) is 9.82. The summed E-state index contributed by atoms with van der Waals surface area (Å²) in [5.74, 6) is 1.23. The first-order valence-corrected chi connectivity index (χ1v) is 8.95. The molecule has 0 amide bonds. The average molecular weight is 353 g/mol. The molecule has 1 aliphatic carbocycles. The second-order valence-corrected chi connectivity index (χ2v) is 6.82. The maximum Gasteiger partial charge on any atom is 0.137 e. The molecule has 0 atom stereocenters. The summed E-state index contributed by atoms with van der Waals surface area (Å²) >= 11 is 3.58. The predicted molar refractivity (Wildman–Crippen MR) is 89.9 cm³/mol. The largest absolute Gasteiger partial charge is 0.489 e. The van der Waals surface area contributed by atoms with E-state index < -0.39 is 0 Å². The van der Waals surface area contributed by atoms with Gasteiger partial charge in [0.1, 0.15) is 11.5 Å². The molecule has 2 nitrogen and oxygen atoms in total. The molecule has 1 aromatic carbocycles. The molecule has 116 valence electrons. The number of rotatable bonds is 7. The average Bonchev–Trinajstić information content (AvgIpc) is 2.49. The van der Waals surface area contributed by atoms with Crippen LogP contribution in [-0.4, -0.2) is 11.9 Å². The van der Waals surface area contributed by atoms with Gasteiger partial charge in [0.2, 0.25) is 0 Å². The summed E-state index contributed by atoms with van der Waals surface area (Å²) in [6, 6.07) is 6.05. The summed E-state index contributed by atoms with van der Waals surface area (Å²) in [5.41, 5.74) is 1.07. The second kappa shape index (κ2) is 8.57. The number of benzene rings is 1. The molecule has 0 unspecified atom stereocenters. The highest BCUT2D eigenvalue weighted by Gasteiger charge is 2.16. The molecule has 0 spiro atoms. The number of Topliss-reactive ketones (excluding diaryl/α,β-unsaturated/α-hetero) is 1. The quantitative estimate of drug-likeness (QED) is 0.650. The van der Waals surface area contributed by atoms with Crippen LogP contribution in [0.5, 0.6) is 5.75 Å². The Morgan fingerprint density at radius 1 is 1.29 bits per heavy atom. The Hall–Kier alpha value is -0.830. The van der Waals surface area contributed by atoms with E-state index in [-0.39, 0.29) is 0 Å². The van der Waals surface area contributed by atoms with Gasteiger partial charge < -0.3 is 4.74 Å². The molecule has 21 heavy (non-hydrogen) atoms. The van der Waals surface area contributed by atoms with Crippen molar-refractivity contribution >= 4 is 21.7 Å². The van der Waals surface area contributed by atoms with Crippen molar-refractivity contribution in [1.82, 2.24) is 0 Å². The number of hydrogen-bond donors (Lipinski definition) is 0. The molecule has 1 aliphatic rings. The Morgan fingerprint density at radius 2 is 2.05 bits per heavy atom. The molecule has 1 saturated carbocycles. The zero-order valence-corrected chi connectivity index (χ0v) is 14.5. The molecule has 0 heterocycles. The fourth-order valence-electron chi connectivity index (χ4n) is 2.80. The van der Waals surface area contributed by atoms with Crippen molar-refractivity contribution < 1.29 is 9.53 Å². The van der Waals surface area contributed by atoms with E-state index >= 15 is 0 Å². The molecule has 0 bridgehead atoms. The Morgan fingerprint density at radius 3 is 2.71 bits per heavy atom.